The fourth-order valence-electron chi connectivity index (χ4n) is 1.74. The summed E-state index contributed by atoms with van der Waals surface area (Å²) in [5.74, 6) is -0.915. The number of aldehydes is 4. The van der Waals surface area contributed by atoms with Crippen molar-refractivity contribution >= 4 is 56.8 Å². The number of rotatable bonds is 13. The van der Waals surface area contributed by atoms with E-state index >= 15 is 0 Å². The zero-order chi connectivity index (χ0) is 26.3. The van der Waals surface area contributed by atoms with Crippen LogP contribution in [0.1, 0.15) is 13.8 Å². The summed E-state index contributed by atoms with van der Waals surface area (Å²) >= 11 is 0. The van der Waals surface area contributed by atoms with E-state index in [-0.39, 0.29) is 37.8 Å². The highest BCUT2D eigenvalue weighted by Gasteiger charge is 2.42. The molecule has 0 fully saturated rings. The summed E-state index contributed by atoms with van der Waals surface area (Å²) in [6, 6.07) is 0.159. The van der Waals surface area contributed by atoms with Crippen molar-refractivity contribution in [2.75, 3.05) is 26.4 Å². The van der Waals surface area contributed by atoms with Gasteiger partial charge in [-0.2, -0.15) is 0 Å². The third-order valence-corrected chi connectivity index (χ3v) is 10.8. The van der Waals surface area contributed by atoms with Crippen LogP contribution in [0.3, 0.4) is 0 Å². The molecule has 0 atom stereocenters. The minimum absolute atomic E-state index is 0.159. The first-order chi connectivity index (χ1) is 14.6. The average Bonchev–Trinajstić information content (AvgIpc) is 2.64. The van der Waals surface area contributed by atoms with Crippen molar-refractivity contribution in [3.63, 3.8) is 0 Å². The zero-order valence-corrected chi connectivity index (χ0v) is 22.9. The van der Waals surface area contributed by atoms with Crippen LogP contribution in [-0.4, -0.2) is 97.9 Å². The lowest BCUT2D eigenvalue weighted by atomic mass is 10.7. The number of carboxylic acid groups (broad SMARTS) is 1. The van der Waals surface area contributed by atoms with E-state index in [4.69, 9.17) is 37.3 Å². The van der Waals surface area contributed by atoms with Crippen LogP contribution in [0.25, 0.3) is 0 Å². The molecule has 0 saturated carbocycles. The largest absolute Gasteiger partial charge is 0.488 e. The number of carboxylic acids is 1. The first-order valence-electron chi connectivity index (χ1n) is 9.58. The van der Waals surface area contributed by atoms with Crippen LogP contribution in [-0.2, 0) is 41.7 Å². The second-order valence-corrected chi connectivity index (χ2v) is 17.6. The number of carbonyl (C=O) groups excluding carboxylic acids is 4. The molecule has 0 aromatic rings. The summed E-state index contributed by atoms with van der Waals surface area (Å²) < 4.78 is 21.0. The summed E-state index contributed by atoms with van der Waals surface area (Å²) in [5, 5.41) is 7.92. The Morgan fingerprint density at radius 3 is 1.44 bits per heavy atom. The molecule has 190 valence electrons. The van der Waals surface area contributed by atoms with Gasteiger partial charge in [-0.1, -0.05) is 0 Å². The van der Waals surface area contributed by atoms with E-state index in [1.807, 2.05) is 20.0 Å². The van der Waals surface area contributed by atoms with E-state index in [0.29, 0.717) is 19.8 Å². The van der Waals surface area contributed by atoms with Gasteiger partial charge < -0.3 is 32.4 Å². The first kappa shape index (κ1) is 37.9. The van der Waals surface area contributed by atoms with Gasteiger partial charge >= 0.3 is 23.3 Å². The van der Waals surface area contributed by atoms with Crippen molar-refractivity contribution in [1.82, 2.24) is 0 Å². The fourth-order valence-corrected chi connectivity index (χ4v) is 12.1. The lowest BCUT2D eigenvalue weighted by Crippen LogP contribution is -2.54. The number of carbonyl (C=O) groups is 5. The van der Waals surface area contributed by atoms with Crippen LogP contribution < -0.4 is 0 Å². The van der Waals surface area contributed by atoms with Gasteiger partial charge in [-0.25, -0.2) is 4.79 Å². The maximum atomic E-state index is 9.84. The second-order valence-electron chi connectivity index (χ2n) is 6.98. The summed E-state index contributed by atoms with van der Waals surface area (Å²) in [7, 11) is -7.83. The number of aliphatic carboxylic acids is 1. The van der Waals surface area contributed by atoms with Gasteiger partial charge in [0.05, 0.1) is 6.61 Å². The van der Waals surface area contributed by atoms with Crippen LogP contribution >= 0.6 is 0 Å². The molecule has 0 heterocycles. The van der Waals surface area contributed by atoms with Crippen molar-refractivity contribution in [3.05, 3.63) is 0 Å². The standard InChI is InChI=1S/C9H26O5Si3.C4H8O3.2C2H2O2/c1-7-12-8-9-17(10,11)14-16(5,6)13-15(2,3)4;1-2-7-3-4(5)6;2*3-1-2-4/h10-11H,7-9H2,1-6H3;2-3H2,1H3,(H,5,6);2*1-2H. The van der Waals surface area contributed by atoms with Gasteiger partial charge in [0.2, 0.25) is 0 Å². The highest BCUT2D eigenvalue weighted by atomic mass is 28.5. The Morgan fingerprint density at radius 1 is 0.781 bits per heavy atom. The van der Waals surface area contributed by atoms with E-state index in [0.717, 1.165) is 0 Å². The minimum atomic E-state index is -3.64. The normalized spacial score (nSPS) is 10.7. The third-order valence-electron chi connectivity index (χ3n) is 2.28. The Hall–Kier alpha value is -1.44. The van der Waals surface area contributed by atoms with Crippen molar-refractivity contribution in [2.24, 2.45) is 0 Å². The molecule has 12 nitrogen and oxygen atoms in total. The molecule has 0 rings (SSSR count). The second kappa shape index (κ2) is 22.7. The quantitative estimate of drug-likeness (QED) is 0.132. The molecule has 0 aliphatic carbocycles. The van der Waals surface area contributed by atoms with Gasteiger partial charge in [0, 0.05) is 19.3 Å². The van der Waals surface area contributed by atoms with Crippen molar-refractivity contribution in [1.29, 1.82) is 0 Å². The van der Waals surface area contributed by atoms with Gasteiger partial charge in [-0.15, -0.1) is 0 Å². The Balaban J connectivity index is -0.000000213. The minimum Gasteiger partial charge on any atom is -0.480 e. The van der Waals surface area contributed by atoms with Gasteiger partial charge in [0.15, 0.2) is 33.5 Å². The van der Waals surface area contributed by atoms with Crippen molar-refractivity contribution in [2.45, 2.75) is 52.6 Å². The van der Waals surface area contributed by atoms with Crippen molar-refractivity contribution in [3.8, 4) is 0 Å². The van der Waals surface area contributed by atoms with E-state index < -0.39 is 31.7 Å². The predicted octanol–water partition coefficient (Wildman–Crippen LogP) is 0.392. The number of hydrogen-bond acceptors (Lipinski definition) is 11. The molecule has 0 radical (unpaired) electrons. The van der Waals surface area contributed by atoms with Crippen molar-refractivity contribution < 1.29 is 56.4 Å². The molecular weight excluding hydrogens is 480 g/mol. The molecule has 0 bridgehead atoms. The summed E-state index contributed by atoms with van der Waals surface area (Å²) in [6.07, 6.45) is 0.778. The summed E-state index contributed by atoms with van der Waals surface area (Å²) in [4.78, 5) is 64.5. The molecule has 0 aromatic carbocycles. The van der Waals surface area contributed by atoms with Gasteiger partial charge in [0.1, 0.15) is 6.61 Å². The SMILES string of the molecule is CCOCC(=O)O.CCOCC[Si](O)(O)O[Si](C)(C)O[Si](C)(C)C.O=CC=O.O=CC=O. The van der Waals surface area contributed by atoms with Crippen LogP contribution in [0.5, 0.6) is 0 Å². The Bertz CT molecular complexity index is 483. The fraction of sp³-hybridized carbons (Fsp3) is 0.706. The molecule has 32 heavy (non-hydrogen) atoms. The Labute approximate surface area is 192 Å². The molecule has 0 spiro atoms. The molecule has 3 N–H and O–H groups in total. The highest BCUT2D eigenvalue weighted by Crippen LogP contribution is 2.19. The monoisotopic (exact) mass is 518 g/mol. The van der Waals surface area contributed by atoms with Crippen LogP contribution in [0.2, 0.25) is 38.8 Å². The maximum Gasteiger partial charge on any atom is 0.488 e. The molecular formula is C17H38O12Si3. The molecule has 0 saturated heterocycles. The van der Waals surface area contributed by atoms with E-state index in [2.05, 4.69) is 24.4 Å². The molecule has 15 heteroatoms. The average molecular weight is 519 g/mol. The lowest BCUT2D eigenvalue weighted by Gasteiger charge is -2.34. The highest BCUT2D eigenvalue weighted by molar-refractivity contribution is 6.84. The van der Waals surface area contributed by atoms with Crippen LogP contribution in [0.15, 0.2) is 0 Å². The number of ether oxygens (including phenoxy) is 2. The molecule has 0 unspecified atom stereocenters. The smallest absolute Gasteiger partial charge is 0.480 e. The van der Waals surface area contributed by atoms with Gasteiger partial charge in [-0.05, 0) is 46.6 Å². The molecule has 0 aliphatic rings. The molecule has 0 aromatic heterocycles. The first-order valence-corrected chi connectivity index (χ1v) is 17.8. The van der Waals surface area contributed by atoms with Crippen LogP contribution in [0.4, 0.5) is 0 Å². The zero-order valence-electron chi connectivity index (χ0n) is 19.9. The Kier molecular flexibility index (Phi) is 26.9. The van der Waals surface area contributed by atoms with Crippen LogP contribution in [0, 0.1) is 0 Å². The Morgan fingerprint density at radius 2 is 1.19 bits per heavy atom. The molecule has 0 aliphatic heterocycles. The molecule has 0 amide bonds. The maximum absolute atomic E-state index is 9.84. The van der Waals surface area contributed by atoms with E-state index in [1.54, 1.807) is 6.92 Å². The number of hydrogen-bond donors (Lipinski definition) is 3. The summed E-state index contributed by atoms with van der Waals surface area (Å²) in [6.45, 7) is 14.7. The third kappa shape index (κ3) is 42.6. The lowest BCUT2D eigenvalue weighted by molar-refractivity contribution is -0.142. The van der Waals surface area contributed by atoms with Gasteiger partial charge in [-0.3, -0.25) is 19.2 Å². The van der Waals surface area contributed by atoms with E-state index in [9.17, 15) is 14.4 Å². The van der Waals surface area contributed by atoms with E-state index in [1.165, 1.54) is 0 Å². The predicted molar refractivity (Wildman–Crippen MR) is 123 cm³/mol. The van der Waals surface area contributed by atoms with Gasteiger partial charge in [0.25, 0.3) is 0 Å². The topological polar surface area (TPSA) is 183 Å². The summed E-state index contributed by atoms with van der Waals surface area (Å²) in [5.41, 5.74) is 0.